The first-order valence-electron chi connectivity index (χ1n) is 6.09. The molecule has 0 spiro atoms. The molecule has 2 aromatic rings. The second-order valence-corrected chi connectivity index (χ2v) is 5.66. The van der Waals surface area contributed by atoms with E-state index in [2.05, 4.69) is 21.2 Å². The molecule has 0 unspecified atom stereocenters. The number of amides is 1. The van der Waals surface area contributed by atoms with Crippen molar-refractivity contribution in [3.63, 3.8) is 0 Å². The fourth-order valence-electron chi connectivity index (χ4n) is 1.65. The van der Waals surface area contributed by atoms with E-state index in [-0.39, 0.29) is 12.5 Å². The Bertz CT molecular complexity index is 679. The first-order valence-corrected chi connectivity index (χ1v) is 7.26. The van der Waals surface area contributed by atoms with Gasteiger partial charge in [0, 0.05) is 10.7 Å². The smallest absolute Gasteiger partial charge is 0.262 e. The minimum Gasteiger partial charge on any atom is -0.483 e. The van der Waals surface area contributed by atoms with Gasteiger partial charge in [0.25, 0.3) is 5.91 Å². The van der Waals surface area contributed by atoms with E-state index in [0.29, 0.717) is 20.9 Å². The minimum absolute atomic E-state index is 0.184. The molecule has 6 heteroatoms. The fraction of sp³-hybridized carbons (Fsp3) is 0.133. The number of benzene rings is 2. The van der Waals surface area contributed by atoms with Crippen molar-refractivity contribution in [2.45, 2.75) is 6.92 Å². The summed E-state index contributed by atoms with van der Waals surface area (Å²) in [5.41, 5.74) is 1.20. The zero-order chi connectivity index (χ0) is 15.4. The van der Waals surface area contributed by atoms with Crippen molar-refractivity contribution in [3.8, 4) is 5.75 Å². The molecule has 0 atom stereocenters. The van der Waals surface area contributed by atoms with E-state index < -0.39 is 5.82 Å². The highest BCUT2D eigenvalue weighted by Crippen LogP contribution is 2.28. The van der Waals surface area contributed by atoms with Crippen molar-refractivity contribution >= 4 is 39.1 Å². The minimum atomic E-state index is -0.405. The number of rotatable bonds is 4. The molecule has 21 heavy (non-hydrogen) atoms. The average Bonchev–Trinajstić information content (AvgIpc) is 2.42. The molecule has 0 fully saturated rings. The molecule has 3 nitrogen and oxygen atoms in total. The number of carbonyl (C=O) groups excluding carboxylic acids is 1. The molecule has 0 bridgehead atoms. The Morgan fingerprint density at radius 1 is 1.33 bits per heavy atom. The largest absolute Gasteiger partial charge is 0.483 e. The van der Waals surface area contributed by atoms with Crippen molar-refractivity contribution in [3.05, 3.63) is 57.3 Å². The molecule has 0 aliphatic carbocycles. The lowest BCUT2D eigenvalue weighted by Crippen LogP contribution is -2.20. The normalized spacial score (nSPS) is 10.3. The number of ether oxygens (including phenoxy) is 1. The lowest BCUT2D eigenvalue weighted by molar-refractivity contribution is -0.118. The van der Waals surface area contributed by atoms with Crippen molar-refractivity contribution in [2.75, 3.05) is 11.9 Å². The highest BCUT2D eigenvalue weighted by atomic mass is 79.9. The third-order valence-electron chi connectivity index (χ3n) is 2.73. The lowest BCUT2D eigenvalue weighted by Gasteiger charge is -2.10. The van der Waals surface area contributed by atoms with E-state index in [0.717, 1.165) is 5.56 Å². The molecule has 0 aliphatic rings. The van der Waals surface area contributed by atoms with Gasteiger partial charge in [0.2, 0.25) is 0 Å². The van der Waals surface area contributed by atoms with E-state index in [4.69, 9.17) is 16.3 Å². The van der Waals surface area contributed by atoms with Gasteiger partial charge in [-0.25, -0.2) is 4.39 Å². The molecule has 1 N–H and O–H groups in total. The molecular weight excluding hydrogens is 361 g/mol. The molecule has 0 saturated heterocycles. The molecule has 110 valence electrons. The van der Waals surface area contributed by atoms with Gasteiger partial charge in [0.05, 0.1) is 4.47 Å². The molecule has 0 aromatic heterocycles. The molecule has 2 rings (SSSR count). The Hall–Kier alpha value is -1.59. The van der Waals surface area contributed by atoms with Crippen LogP contribution in [0, 0.1) is 12.7 Å². The summed E-state index contributed by atoms with van der Waals surface area (Å²) in [5.74, 6) is -0.270. The van der Waals surface area contributed by atoms with Crippen molar-refractivity contribution in [2.24, 2.45) is 0 Å². The van der Waals surface area contributed by atoms with Gasteiger partial charge < -0.3 is 10.1 Å². The quantitative estimate of drug-likeness (QED) is 0.854. The van der Waals surface area contributed by atoms with Crippen LogP contribution in [0.25, 0.3) is 0 Å². The number of nitrogens with one attached hydrogen (secondary N) is 1. The topological polar surface area (TPSA) is 38.3 Å². The summed E-state index contributed by atoms with van der Waals surface area (Å²) in [6.07, 6.45) is 0. The van der Waals surface area contributed by atoms with Gasteiger partial charge in [0.15, 0.2) is 6.61 Å². The summed E-state index contributed by atoms with van der Waals surface area (Å²) in [6.45, 7) is 1.60. The third-order valence-corrected chi connectivity index (χ3v) is 3.58. The van der Waals surface area contributed by atoms with Crippen LogP contribution in [0.2, 0.25) is 5.02 Å². The summed E-state index contributed by atoms with van der Waals surface area (Å²) < 4.78 is 19.2. The second-order valence-electron chi connectivity index (χ2n) is 4.37. The maximum atomic E-state index is 13.1. The number of carbonyl (C=O) groups is 1. The SMILES string of the molecule is Cc1ccc(F)cc1NC(=O)COc1ccc(Cl)cc1Br. The van der Waals surface area contributed by atoms with E-state index in [1.807, 2.05) is 0 Å². The third kappa shape index (κ3) is 4.44. The van der Waals surface area contributed by atoms with Gasteiger partial charge in [0.1, 0.15) is 11.6 Å². The van der Waals surface area contributed by atoms with Gasteiger partial charge in [-0.15, -0.1) is 0 Å². The van der Waals surface area contributed by atoms with Crippen molar-refractivity contribution < 1.29 is 13.9 Å². The Balaban J connectivity index is 1.97. The van der Waals surface area contributed by atoms with Crippen LogP contribution in [0.3, 0.4) is 0 Å². The maximum Gasteiger partial charge on any atom is 0.262 e. The standard InChI is InChI=1S/C15H12BrClFNO2/c1-9-2-4-11(18)7-13(9)19-15(20)8-21-14-5-3-10(17)6-12(14)16/h2-7H,8H2,1H3,(H,19,20). The van der Waals surface area contributed by atoms with Crippen molar-refractivity contribution in [1.82, 2.24) is 0 Å². The van der Waals surface area contributed by atoms with Crippen molar-refractivity contribution in [1.29, 1.82) is 0 Å². The maximum absolute atomic E-state index is 13.1. The summed E-state index contributed by atoms with van der Waals surface area (Å²) in [4.78, 5) is 11.8. The highest BCUT2D eigenvalue weighted by molar-refractivity contribution is 9.10. The van der Waals surface area contributed by atoms with Crippen LogP contribution in [-0.4, -0.2) is 12.5 Å². The average molecular weight is 373 g/mol. The summed E-state index contributed by atoms with van der Waals surface area (Å²) in [7, 11) is 0. The molecule has 0 aliphatic heterocycles. The number of hydrogen-bond donors (Lipinski definition) is 1. The lowest BCUT2D eigenvalue weighted by atomic mass is 10.2. The zero-order valence-corrected chi connectivity index (χ0v) is 13.5. The van der Waals surface area contributed by atoms with Crippen LogP contribution < -0.4 is 10.1 Å². The van der Waals surface area contributed by atoms with Gasteiger partial charge in [-0.05, 0) is 58.7 Å². The number of aryl methyl sites for hydroxylation is 1. The number of anilines is 1. The molecular formula is C15H12BrClFNO2. The summed E-state index contributed by atoms with van der Waals surface area (Å²) >= 11 is 9.11. The number of halogens is 3. The Morgan fingerprint density at radius 2 is 2.10 bits per heavy atom. The predicted octanol–water partition coefficient (Wildman–Crippen LogP) is 4.57. The first kappa shape index (κ1) is 15.8. The highest BCUT2D eigenvalue weighted by Gasteiger charge is 2.08. The van der Waals surface area contributed by atoms with Crippen LogP contribution in [-0.2, 0) is 4.79 Å². The fourth-order valence-corrected chi connectivity index (χ4v) is 2.45. The van der Waals surface area contributed by atoms with E-state index >= 15 is 0 Å². The Labute approximate surface area is 135 Å². The number of hydrogen-bond acceptors (Lipinski definition) is 2. The van der Waals surface area contributed by atoms with E-state index in [1.165, 1.54) is 12.1 Å². The Morgan fingerprint density at radius 3 is 2.81 bits per heavy atom. The predicted molar refractivity (Wildman–Crippen MR) is 84.4 cm³/mol. The van der Waals surface area contributed by atoms with E-state index in [1.54, 1.807) is 31.2 Å². The van der Waals surface area contributed by atoms with Crippen LogP contribution in [0.1, 0.15) is 5.56 Å². The zero-order valence-electron chi connectivity index (χ0n) is 11.1. The summed E-state index contributed by atoms with van der Waals surface area (Å²) in [6, 6.07) is 9.20. The molecule has 0 radical (unpaired) electrons. The van der Waals surface area contributed by atoms with Gasteiger partial charge in [-0.3, -0.25) is 4.79 Å². The van der Waals surface area contributed by atoms with Gasteiger partial charge >= 0.3 is 0 Å². The van der Waals surface area contributed by atoms with Crippen LogP contribution >= 0.6 is 27.5 Å². The van der Waals surface area contributed by atoms with Crippen LogP contribution in [0.15, 0.2) is 40.9 Å². The Kier molecular flexibility index (Phi) is 5.20. The second kappa shape index (κ2) is 6.91. The van der Waals surface area contributed by atoms with Crippen LogP contribution in [0.5, 0.6) is 5.75 Å². The molecule has 0 heterocycles. The van der Waals surface area contributed by atoms with E-state index in [9.17, 15) is 9.18 Å². The molecule has 0 saturated carbocycles. The summed E-state index contributed by atoms with van der Waals surface area (Å²) in [5, 5.41) is 3.17. The van der Waals surface area contributed by atoms with Gasteiger partial charge in [-0.2, -0.15) is 0 Å². The van der Waals surface area contributed by atoms with Gasteiger partial charge in [-0.1, -0.05) is 17.7 Å². The first-order chi connectivity index (χ1) is 9.95. The monoisotopic (exact) mass is 371 g/mol. The van der Waals surface area contributed by atoms with Crippen LogP contribution in [0.4, 0.5) is 10.1 Å². The molecule has 2 aromatic carbocycles. The molecule has 1 amide bonds.